The van der Waals surface area contributed by atoms with Gasteiger partial charge in [-0.15, -0.1) is 5.10 Å². The molecule has 124 valence electrons. The van der Waals surface area contributed by atoms with E-state index in [0.717, 1.165) is 0 Å². The summed E-state index contributed by atoms with van der Waals surface area (Å²) in [6, 6.07) is 6.76. The van der Waals surface area contributed by atoms with Gasteiger partial charge in [0.15, 0.2) is 0 Å². The maximum absolute atomic E-state index is 12.6. The maximum Gasteiger partial charge on any atom is 0.318 e. The van der Waals surface area contributed by atoms with Gasteiger partial charge in [0.25, 0.3) is 0 Å². The molecule has 7 nitrogen and oxygen atoms in total. The lowest BCUT2D eigenvalue weighted by Gasteiger charge is -2.32. The van der Waals surface area contributed by atoms with Crippen molar-refractivity contribution < 1.29 is 12.8 Å². The van der Waals surface area contributed by atoms with Gasteiger partial charge < -0.3 is 9.32 Å². The van der Waals surface area contributed by atoms with Crippen molar-refractivity contribution in [1.82, 2.24) is 14.5 Å². The molecule has 0 radical (unpaired) electrons. The molecule has 1 saturated heterocycles. The number of benzene rings is 1. The van der Waals surface area contributed by atoms with Gasteiger partial charge in [0.05, 0.1) is 4.90 Å². The third-order valence-corrected chi connectivity index (χ3v) is 5.83. The van der Waals surface area contributed by atoms with Gasteiger partial charge in [0.2, 0.25) is 15.9 Å². The van der Waals surface area contributed by atoms with Crippen LogP contribution in [-0.4, -0.2) is 49.1 Å². The Morgan fingerprint density at radius 3 is 2.57 bits per heavy atom. The van der Waals surface area contributed by atoms with E-state index < -0.39 is 10.0 Å². The van der Waals surface area contributed by atoms with E-state index in [0.29, 0.717) is 49.5 Å². The smallest absolute Gasteiger partial charge is 0.318 e. The minimum absolute atomic E-state index is 0.213. The van der Waals surface area contributed by atoms with E-state index in [9.17, 15) is 8.42 Å². The van der Waals surface area contributed by atoms with Crippen LogP contribution >= 0.6 is 11.6 Å². The van der Waals surface area contributed by atoms with Crippen molar-refractivity contribution in [3.63, 3.8) is 0 Å². The van der Waals surface area contributed by atoms with Gasteiger partial charge in [0, 0.05) is 37.6 Å². The Balaban J connectivity index is 1.71. The number of halogens is 1. The third-order valence-electron chi connectivity index (χ3n) is 3.70. The Labute approximate surface area is 139 Å². The molecule has 0 unspecified atom stereocenters. The van der Waals surface area contributed by atoms with Gasteiger partial charge in [-0.05, 0) is 18.2 Å². The fraction of sp³-hybridized carbons (Fsp3) is 0.429. The maximum atomic E-state index is 12.6. The number of hydrogen-bond acceptors (Lipinski definition) is 6. The van der Waals surface area contributed by atoms with E-state index >= 15 is 0 Å². The topological polar surface area (TPSA) is 79.5 Å². The molecular weight excluding hydrogens is 340 g/mol. The van der Waals surface area contributed by atoms with Gasteiger partial charge in [-0.3, -0.25) is 0 Å². The van der Waals surface area contributed by atoms with Crippen molar-refractivity contribution in [3.8, 4) is 0 Å². The summed E-state index contributed by atoms with van der Waals surface area (Å²) in [6.45, 7) is 3.67. The summed E-state index contributed by atoms with van der Waals surface area (Å²) in [4.78, 5) is 2.11. The number of sulfonamides is 1. The first-order chi connectivity index (χ1) is 11.0. The van der Waals surface area contributed by atoms with E-state index in [-0.39, 0.29) is 4.90 Å². The molecule has 0 bridgehead atoms. The number of piperazine rings is 1. The van der Waals surface area contributed by atoms with Crippen molar-refractivity contribution in [3.05, 3.63) is 35.2 Å². The Morgan fingerprint density at radius 1 is 1.22 bits per heavy atom. The SMILES string of the molecule is CCc1nnc(N2CCN(S(=O)(=O)c3cccc(Cl)c3)CC2)o1. The predicted octanol–water partition coefficient (Wildman–Crippen LogP) is 1.80. The van der Waals surface area contributed by atoms with Crippen LogP contribution in [0.25, 0.3) is 0 Å². The molecule has 0 aliphatic carbocycles. The number of anilines is 1. The van der Waals surface area contributed by atoms with Gasteiger partial charge in [-0.1, -0.05) is 29.7 Å². The van der Waals surface area contributed by atoms with E-state index in [1.807, 2.05) is 11.8 Å². The van der Waals surface area contributed by atoms with E-state index in [1.54, 1.807) is 18.2 Å². The number of hydrogen-bond donors (Lipinski definition) is 0. The molecule has 1 aromatic carbocycles. The highest BCUT2D eigenvalue weighted by molar-refractivity contribution is 7.89. The number of nitrogens with zero attached hydrogens (tertiary/aromatic N) is 4. The fourth-order valence-electron chi connectivity index (χ4n) is 2.41. The average Bonchev–Trinajstić information content (AvgIpc) is 3.04. The van der Waals surface area contributed by atoms with E-state index in [2.05, 4.69) is 10.2 Å². The molecule has 0 saturated carbocycles. The highest BCUT2D eigenvalue weighted by Crippen LogP contribution is 2.22. The molecule has 0 atom stereocenters. The molecule has 1 aliphatic heterocycles. The Hall–Kier alpha value is -1.64. The Morgan fingerprint density at radius 2 is 1.96 bits per heavy atom. The predicted molar refractivity (Wildman–Crippen MR) is 86.1 cm³/mol. The normalized spacial score (nSPS) is 16.7. The molecule has 1 aromatic heterocycles. The molecule has 0 amide bonds. The van der Waals surface area contributed by atoms with E-state index in [1.165, 1.54) is 10.4 Å². The monoisotopic (exact) mass is 356 g/mol. The van der Waals surface area contributed by atoms with E-state index in [4.69, 9.17) is 16.0 Å². The van der Waals surface area contributed by atoms with Crippen LogP contribution in [0.2, 0.25) is 5.02 Å². The first kappa shape index (κ1) is 16.2. The second-order valence-electron chi connectivity index (χ2n) is 5.18. The van der Waals surface area contributed by atoms with Crippen molar-refractivity contribution in [1.29, 1.82) is 0 Å². The van der Waals surface area contributed by atoms with Gasteiger partial charge in [-0.25, -0.2) is 8.42 Å². The quantitative estimate of drug-likeness (QED) is 0.831. The van der Waals surface area contributed by atoms with Gasteiger partial charge in [-0.2, -0.15) is 4.31 Å². The van der Waals surface area contributed by atoms with Crippen molar-refractivity contribution in [2.75, 3.05) is 31.1 Å². The zero-order valence-electron chi connectivity index (χ0n) is 12.6. The summed E-state index contributed by atoms with van der Waals surface area (Å²) >= 11 is 5.89. The molecule has 2 aromatic rings. The molecule has 0 spiro atoms. The first-order valence-electron chi connectivity index (χ1n) is 7.34. The van der Waals surface area contributed by atoms with Crippen molar-refractivity contribution >= 4 is 27.6 Å². The summed E-state index contributed by atoms with van der Waals surface area (Å²) in [7, 11) is -3.53. The molecule has 9 heteroatoms. The largest absolute Gasteiger partial charge is 0.408 e. The van der Waals surface area contributed by atoms with Crippen LogP contribution in [0.15, 0.2) is 33.6 Å². The van der Waals surface area contributed by atoms with Gasteiger partial charge in [0.1, 0.15) is 0 Å². The minimum atomic E-state index is -3.53. The third kappa shape index (κ3) is 3.34. The Kier molecular flexibility index (Phi) is 4.56. The summed E-state index contributed by atoms with van der Waals surface area (Å²) in [5, 5.41) is 8.33. The highest BCUT2D eigenvalue weighted by Gasteiger charge is 2.30. The standard InChI is InChI=1S/C14H17ClN4O3S/c1-2-13-16-17-14(22-13)18-6-8-19(9-7-18)23(20,21)12-5-3-4-11(15)10-12/h3-5,10H,2,6-9H2,1H3. The second-order valence-corrected chi connectivity index (χ2v) is 7.55. The van der Waals surface area contributed by atoms with Crippen LogP contribution in [0.4, 0.5) is 6.01 Å². The summed E-state index contributed by atoms with van der Waals surface area (Å²) < 4.78 is 32.2. The molecule has 2 heterocycles. The van der Waals surface area contributed by atoms with Crippen molar-refractivity contribution in [2.24, 2.45) is 0 Å². The lowest BCUT2D eigenvalue weighted by Crippen LogP contribution is -2.48. The minimum Gasteiger partial charge on any atom is -0.408 e. The van der Waals surface area contributed by atoms with Crippen LogP contribution in [0.3, 0.4) is 0 Å². The molecule has 3 rings (SSSR count). The van der Waals surface area contributed by atoms with Gasteiger partial charge >= 0.3 is 6.01 Å². The van der Waals surface area contributed by atoms with Crippen LogP contribution in [-0.2, 0) is 16.4 Å². The highest BCUT2D eigenvalue weighted by atomic mass is 35.5. The lowest BCUT2D eigenvalue weighted by molar-refractivity contribution is 0.369. The summed E-state index contributed by atoms with van der Waals surface area (Å²) in [6.07, 6.45) is 0.677. The molecular formula is C14H17ClN4O3S. The summed E-state index contributed by atoms with van der Waals surface area (Å²) in [5.74, 6) is 0.578. The molecule has 1 fully saturated rings. The summed E-state index contributed by atoms with van der Waals surface area (Å²) in [5.41, 5.74) is 0. The Bertz CT molecular complexity index is 785. The second kappa shape index (κ2) is 6.46. The lowest BCUT2D eigenvalue weighted by atomic mass is 10.4. The number of aryl methyl sites for hydroxylation is 1. The van der Waals surface area contributed by atoms with Crippen LogP contribution in [0.5, 0.6) is 0 Å². The molecule has 23 heavy (non-hydrogen) atoms. The fourth-order valence-corrected chi connectivity index (χ4v) is 4.14. The molecule has 0 N–H and O–H groups in total. The number of aromatic nitrogens is 2. The number of rotatable bonds is 4. The van der Waals surface area contributed by atoms with Crippen LogP contribution < -0.4 is 4.90 Å². The zero-order valence-corrected chi connectivity index (χ0v) is 14.2. The van der Waals surface area contributed by atoms with Crippen LogP contribution in [0, 0.1) is 0 Å². The van der Waals surface area contributed by atoms with Crippen LogP contribution in [0.1, 0.15) is 12.8 Å². The van der Waals surface area contributed by atoms with Crippen molar-refractivity contribution in [2.45, 2.75) is 18.2 Å². The average molecular weight is 357 g/mol. The zero-order chi connectivity index (χ0) is 16.4. The molecule has 1 aliphatic rings. The first-order valence-corrected chi connectivity index (χ1v) is 9.15.